The molecule has 0 unspecified atom stereocenters. The van der Waals surface area contributed by atoms with Gasteiger partial charge in [0.25, 0.3) is 0 Å². The van der Waals surface area contributed by atoms with Crippen LogP contribution in [0.15, 0.2) is 24.3 Å². The van der Waals surface area contributed by atoms with Gasteiger partial charge in [-0.15, -0.1) is 0 Å². The predicted molar refractivity (Wildman–Crippen MR) is 52.8 cm³/mol. The molecule has 1 rings (SSSR count). The predicted octanol–water partition coefficient (Wildman–Crippen LogP) is 1.55. The van der Waals surface area contributed by atoms with Gasteiger partial charge in [0.15, 0.2) is 0 Å². The Labute approximate surface area is 79.2 Å². The molecule has 0 aliphatic rings. The summed E-state index contributed by atoms with van der Waals surface area (Å²) in [5, 5.41) is 8.47. The SMILES string of the molecule is Cc1ccc(CCOCCO)cc1. The second-order valence-electron chi connectivity index (χ2n) is 3.07. The van der Waals surface area contributed by atoms with Crippen molar-refractivity contribution in [2.45, 2.75) is 13.3 Å². The molecule has 0 bridgehead atoms. The fraction of sp³-hybridized carbons (Fsp3) is 0.455. The maximum Gasteiger partial charge on any atom is 0.0697 e. The van der Waals surface area contributed by atoms with Gasteiger partial charge >= 0.3 is 0 Å². The van der Waals surface area contributed by atoms with Crippen LogP contribution in [0.4, 0.5) is 0 Å². The Bertz CT molecular complexity index is 228. The highest BCUT2D eigenvalue weighted by Crippen LogP contribution is 2.03. The number of benzene rings is 1. The maximum absolute atomic E-state index is 8.47. The molecular weight excluding hydrogens is 164 g/mol. The van der Waals surface area contributed by atoms with Gasteiger partial charge in [-0.1, -0.05) is 29.8 Å². The molecule has 0 amide bonds. The smallest absolute Gasteiger partial charge is 0.0697 e. The molecule has 1 aromatic carbocycles. The Kier molecular flexibility index (Phi) is 4.50. The molecule has 2 heteroatoms. The van der Waals surface area contributed by atoms with Gasteiger partial charge in [-0.25, -0.2) is 0 Å². The van der Waals surface area contributed by atoms with Crippen LogP contribution >= 0.6 is 0 Å². The molecule has 0 fully saturated rings. The van der Waals surface area contributed by atoms with E-state index in [4.69, 9.17) is 9.84 Å². The first-order valence-electron chi connectivity index (χ1n) is 4.57. The van der Waals surface area contributed by atoms with Gasteiger partial charge in [-0.05, 0) is 18.9 Å². The summed E-state index contributed by atoms with van der Waals surface area (Å²) >= 11 is 0. The molecule has 2 nitrogen and oxygen atoms in total. The average Bonchev–Trinajstić information content (AvgIpc) is 2.15. The Morgan fingerprint density at radius 1 is 1.15 bits per heavy atom. The molecule has 0 atom stereocenters. The summed E-state index contributed by atoms with van der Waals surface area (Å²) in [6.45, 7) is 3.30. The monoisotopic (exact) mass is 180 g/mol. The van der Waals surface area contributed by atoms with E-state index in [0.29, 0.717) is 13.2 Å². The number of hydrogen-bond acceptors (Lipinski definition) is 2. The third-order valence-electron chi connectivity index (χ3n) is 1.89. The number of ether oxygens (including phenoxy) is 1. The molecule has 0 heterocycles. The first-order chi connectivity index (χ1) is 6.33. The van der Waals surface area contributed by atoms with Gasteiger partial charge < -0.3 is 9.84 Å². The molecule has 0 saturated carbocycles. The zero-order valence-corrected chi connectivity index (χ0v) is 7.99. The van der Waals surface area contributed by atoms with E-state index in [1.807, 2.05) is 0 Å². The molecule has 0 radical (unpaired) electrons. The minimum Gasteiger partial charge on any atom is -0.394 e. The number of aliphatic hydroxyl groups is 1. The summed E-state index contributed by atoms with van der Waals surface area (Å²) in [5.41, 5.74) is 2.56. The molecule has 1 N–H and O–H groups in total. The van der Waals surface area contributed by atoms with E-state index in [0.717, 1.165) is 6.42 Å². The van der Waals surface area contributed by atoms with Crippen LogP contribution < -0.4 is 0 Å². The van der Waals surface area contributed by atoms with Crippen LogP contribution in [0.1, 0.15) is 11.1 Å². The molecular formula is C11H16O2. The molecule has 1 aromatic rings. The minimum absolute atomic E-state index is 0.105. The fourth-order valence-electron chi connectivity index (χ4n) is 1.11. The lowest BCUT2D eigenvalue weighted by Gasteiger charge is -2.02. The summed E-state index contributed by atoms with van der Waals surface area (Å²) in [6, 6.07) is 8.41. The van der Waals surface area contributed by atoms with Crippen molar-refractivity contribution < 1.29 is 9.84 Å². The molecule has 72 valence electrons. The molecule has 0 aliphatic heterocycles. The van der Waals surface area contributed by atoms with Crippen LogP contribution in [0.3, 0.4) is 0 Å². The third-order valence-corrected chi connectivity index (χ3v) is 1.89. The van der Waals surface area contributed by atoms with Crippen molar-refractivity contribution in [2.24, 2.45) is 0 Å². The van der Waals surface area contributed by atoms with Crippen molar-refractivity contribution >= 4 is 0 Å². The van der Waals surface area contributed by atoms with E-state index in [-0.39, 0.29) is 6.61 Å². The Morgan fingerprint density at radius 3 is 2.46 bits per heavy atom. The second-order valence-corrected chi connectivity index (χ2v) is 3.07. The largest absolute Gasteiger partial charge is 0.394 e. The summed E-state index contributed by atoms with van der Waals surface area (Å²) in [4.78, 5) is 0. The van der Waals surface area contributed by atoms with Gasteiger partial charge in [-0.3, -0.25) is 0 Å². The Balaban J connectivity index is 2.25. The van der Waals surface area contributed by atoms with Crippen LogP contribution in [-0.2, 0) is 11.2 Å². The van der Waals surface area contributed by atoms with E-state index < -0.39 is 0 Å². The highest BCUT2D eigenvalue weighted by Gasteiger charge is 1.92. The standard InChI is InChI=1S/C11H16O2/c1-10-2-4-11(5-3-10)6-8-13-9-7-12/h2-5,12H,6-9H2,1H3. The van der Waals surface area contributed by atoms with Crippen LogP contribution in [0.25, 0.3) is 0 Å². The van der Waals surface area contributed by atoms with Crippen molar-refractivity contribution in [1.82, 2.24) is 0 Å². The van der Waals surface area contributed by atoms with Gasteiger partial charge in [-0.2, -0.15) is 0 Å². The van der Waals surface area contributed by atoms with Crippen molar-refractivity contribution in [3.05, 3.63) is 35.4 Å². The maximum atomic E-state index is 8.47. The Morgan fingerprint density at radius 2 is 1.85 bits per heavy atom. The normalized spacial score (nSPS) is 10.3. The van der Waals surface area contributed by atoms with Crippen LogP contribution in [-0.4, -0.2) is 24.9 Å². The lowest BCUT2D eigenvalue weighted by atomic mass is 10.1. The van der Waals surface area contributed by atoms with E-state index in [9.17, 15) is 0 Å². The van der Waals surface area contributed by atoms with Crippen molar-refractivity contribution in [3.8, 4) is 0 Å². The van der Waals surface area contributed by atoms with Gasteiger partial charge in [0, 0.05) is 0 Å². The average molecular weight is 180 g/mol. The first kappa shape index (κ1) is 10.2. The van der Waals surface area contributed by atoms with E-state index in [1.165, 1.54) is 11.1 Å². The zero-order valence-electron chi connectivity index (χ0n) is 7.99. The van der Waals surface area contributed by atoms with E-state index >= 15 is 0 Å². The summed E-state index contributed by atoms with van der Waals surface area (Å²) in [6.07, 6.45) is 0.917. The van der Waals surface area contributed by atoms with Gasteiger partial charge in [0.1, 0.15) is 0 Å². The summed E-state index contributed by atoms with van der Waals surface area (Å²) in [5.74, 6) is 0. The molecule has 0 spiro atoms. The highest BCUT2D eigenvalue weighted by atomic mass is 16.5. The van der Waals surface area contributed by atoms with Crippen molar-refractivity contribution in [1.29, 1.82) is 0 Å². The molecule has 13 heavy (non-hydrogen) atoms. The van der Waals surface area contributed by atoms with Gasteiger partial charge in [0.05, 0.1) is 19.8 Å². The van der Waals surface area contributed by atoms with Crippen molar-refractivity contribution in [3.63, 3.8) is 0 Å². The third kappa shape index (κ3) is 4.06. The number of rotatable bonds is 5. The van der Waals surface area contributed by atoms with Crippen LogP contribution in [0.5, 0.6) is 0 Å². The summed E-state index contributed by atoms with van der Waals surface area (Å²) < 4.78 is 5.17. The number of hydrogen-bond donors (Lipinski definition) is 1. The van der Waals surface area contributed by atoms with Gasteiger partial charge in [0.2, 0.25) is 0 Å². The first-order valence-corrected chi connectivity index (χ1v) is 4.57. The van der Waals surface area contributed by atoms with E-state index in [2.05, 4.69) is 31.2 Å². The van der Waals surface area contributed by atoms with Crippen molar-refractivity contribution in [2.75, 3.05) is 19.8 Å². The second kappa shape index (κ2) is 5.73. The quantitative estimate of drug-likeness (QED) is 0.696. The van der Waals surface area contributed by atoms with E-state index in [1.54, 1.807) is 0 Å². The van der Waals surface area contributed by atoms with Crippen LogP contribution in [0, 0.1) is 6.92 Å². The summed E-state index contributed by atoms with van der Waals surface area (Å²) in [7, 11) is 0. The molecule has 0 aromatic heterocycles. The number of aliphatic hydroxyl groups excluding tert-OH is 1. The minimum atomic E-state index is 0.105. The lowest BCUT2D eigenvalue weighted by Crippen LogP contribution is -2.03. The molecule has 0 aliphatic carbocycles. The topological polar surface area (TPSA) is 29.5 Å². The Hall–Kier alpha value is -0.860. The number of aryl methyl sites for hydroxylation is 1. The lowest BCUT2D eigenvalue weighted by molar-refractivity contribution is 0.0944. The van der Waals surface area contributed by atoms with Crippen LogP contribution in [0.2, 0.25) is 0 Å². The molecule has 0 saturated heterocycles. The highest BCUT2D eigenvalue weighted by molar-refractivity contribution is 5.21. The fourth-order valence-corrected chi connectivity index (χ4v) is 1.11. The zero-order chi connectivity index (χ0) is 9.52.